The Morgan fingerprint density at radius 3 is 2.78 bits per heavy atom. The lowest BCUT2D eigenvalue weighted by molar-refractivity contribution is -0.116. The topological polar surface area (TPSA) is 41.1 Å². The summed E-state index contributed by atoms with van der Waals surface area (Å²) < 4.78 is 13.4. The van der Waals surface area contributed by atoms with Gasteiger partial charge in [-0.05, 0) is 37.6 Å². The average Bonchev–Trinajstić information content (AvgIpc) is 2.29. The van der Waals surface area contributed by atoms with E-state index < -0.39 is 5.82 Å². The second-order valence-electron chi connectivity index (χ2n) is 4.74. The maximum atomic E-state index is 13.4. The van der Waals surface area contributed by atoms with E-state index in [1.165, 1.54) is 6.07 Å². The number of hydrogen-bond acceptors (Lipinski definition) is 2. The standard InChI is InChI=1S/C14H21FN2O/c1-10(2)16-8-4-5-14(18)17-13-9-11(3)6-7-12(13)15/h6-7,9-10,16H,4-5,8H2,1-3H3,(H,17,18). The monoisotopic (exact) mass is 252 g/mol. The summed E-state index contributed by atoms with van der Waals surface area (Å²) in [6.07, 6.45) is 1.14. The van der Waals surface area contributed by atoms with Gasteiger partial charge in [0.05, 0.1) is 5.69 Å². The first-order valence-electron chi connectivity index (χ1n) is 6.28. The summed E-state index contributed by atoms with van der Waals surface area (Å²) in [7, 11) is 0. The Labute approximate surface area is 108 Å². The molecule has 0 saturated carbocycles. The predicted molar refractivity (Wildman–Crippen MR) is 72.1 cm³/mol. The molecule has 0 saturated heterocycles. The average molecular weight is 252 g/mol. The third kappa shape index (κ3) is 5.27. The van der Waals surface area contributed by atoms with Crippen LogP contribution in [0.15, 0.2) is 18.2 Å². The third-order valence-corrected chi connectivity index (χ3v) is 2.53. The van der Waals surface area contributed by atoms with Crippen molar-refractivity contribution in [3.8, 4) is 0 Å². The van der Waals surface area contributed by atoms with E-state index in [1.807, 2.05) is 6.92 Å². The van der Waals surface area contributed by atoms with Crippen molar-refractivity contribution in [2.24, 2.45) is 0 Å². The van der Waals surface area contributed by atoms with Gasteiger partial charge in [-0.2, -0.15) is 0 Å². The van der Waals surface area contributed by atoms with Gasteiger partial charge in [-0.15, -0.1) is 0 Å². The Morgan fingerprint density at radius 1 is 1.39 bits per heavy atom. The summed E-state index contributed by atoms with van der Waals surface area (Å²) in [5, 5.41) is 5.83. The smallest absolute Gasteiger partial charge is 0.224 e. The molecule has 1 aromatic carbocycles. The van der Waals surface area contributed by atoms with Gasteiger partial charge in [-0.3, -0.25) is 4.79 Å². The van der Waals surface area contributed by atoms with Crippen molar-refractivity contribution in [1.29, 1.82) is 0 Å². The highest BCUT2D eigenvalue weighted by Gasteiger charge is 2.06. The van der Waals surface area contributed by atoms with E-state index >= 15 is 0 Å². The zero-order valence-electron chi connectivity index (χ0n) is 11.2. The summed E-state index contributed by atoms with van der Waals surface area (Å²) in [4.78, 5) is 11.6. The van der Waals surface area contributed by atoms with Crippen LogP contribution in [-0.2, 0) is 4.79 Å². The molecule has 0 atom stereocenters. The van der Waals surface area contributed by atoms with Crippen LogP contribution in [0.2, 0.25) is 0 Å². The third-order valence-electron chi connectivity index (χ3n) is 2.53. The molecular weight excluding hydrogens is 231 g/mol. The van der Waals surface area contributed by atoms with Gasteiger partial charge in [-0.1, -0.05) is 19.9 Å². The molecule has 0 radical (unpaired) electrons. The molecule has 0 aliphatic heterocycles. The maximum Gasteiger partial charge on any atom is 0.224 e. The first-order chi connectivity index (χ1) is 8.49. The van der Waals surface area contributed by atoms with Crippen LogP contribution in [0.1, 0.15) is 32.3 Å². The lowest BCUT2D eigenvalue weighted by Crippen LogP contribution is -2.24. The van der Waals surface area contributed by atoms with E-state index in [4.69, 9.17) is 0 Å². The minimum Gasteiger partial charge on any atom is -0.324 e. The van der Waals surface area contributed by atoms with Gasteiger partial charge in [0, 0.05) is 12.5 Å². The maximum absolute atomic E-state index is 13.4. The number of carbonyl (C=O) groups excluding carboxylic acids is 1. The molecule has 0 spiro atoms. The number of nitrogens with one attached hydrogen (secondary N) is 2. The number of rotatable bonds is 6. The van der Waals surface area contributed by atoms with Gasteiger partial charge in [0.2, 0.25) is 5.91 Å². The number of halogens is 1. The molecule has 0 unspecified atom stereocenters. The molecule has 0 aromatic heterocycles. The van der Waals surface area contributed by atoms with Crippen molar-refractivity contribution in [3.05, 3.63) is 29.6 Å². The largest absolute Gasteiger partial charge is 0.324 e. The van der Waals surface area contributed by atoms with Gasteiger partial charge >= 0.3 is 0 Å². The molecule has 1 amide bonds. The van der Waals surface area contributed by atoms with Gasteiger partial charge in [0.15, 0.2) is 0 Å². The van der Waals surface area contributed by atoms with E-state index in [0.29, 0.717) is 12.5 Å². The molecule has 0 heterocycles. The van der Waals surface area contributed by atoms with Crippen LogP contribution in [0.3, 0.4) is 0 Å². The zero-order chi connectivity index (χ0) is 13.5. The molecule has 3 nitrogen and oxygen atoms in total. The van der Waals surface area contributed by atoms with Crippen LogP contribution >= 0.6 is 0 Å². The molecular formula is C14H21FN2O. The highest BCUT2D eigenvalue weighted by Crippen LogP contribution is 2.15. The normalized spacial score (nSPS) is 10.7. The lowest BCUT2D eigenvalue weighted by Gasteiger charge is -2.09. The van der Waals surface area contributed by atoms with Gasteiger partial charge in [0.25, 0.3) is 0 Å². The highest BCUT2D eigenvalue weighted by molar-refractivity contribution is 5.90. The Morgan fingerprint density at radius 2 is 2.11 bits per heavy atom. The molecule has 0 fully saturated rings. The van der Waals surface area contributed by atoms with Gasteiger partial charge in [-0.25, -0.2) is 4.39 Å². The molecule has 2 N–H and O–H groups in total. The number of carbonyl (C=O) groups is 1. The first-order valence-corrected chi connectivity index (χ1v) is 6.28. The fourth-order valence-electron chi connectivity index (χ4n) is 1.59. The Bertz CT molecular complexity index is 405. The van der Waals surface area contributed by atoms with Crippen LogP contribution in [0.5, 0.6) is 0 Å². The minimum absolute atomic E-state index is 0.148. The molecule has 100 valence electrons. The van der Waals surface area contributed by atoms with Crippen LogP contribution in [0, 0.1) is 12.7 Å². The van der Waals surface area contributed by atoms with Crippen molar-refractivity contribution >= 4 is 11.6 Å². The molecule has 1 rings (SSSR count). The minimum atomic E-state index is -0.394. The van der Waals surface area contributed by atoms with Crippen LogP contribution in [0.4, 0.5) is 10.1 Å². The van der Waals surface area contributed by atoms with Crippen molar-refractivity contribution in [3.63, 3.8) is 0 Å². The van der Waals surface area contributed by atoms with E-state index in [9.17, 15) is 9.18 Å². The van der Waals surface area contributed by atoms with E-state index in [2.05, 4.69) is 24.5 Å². The second kappa shape index (κ2) is 7.11. The van der Waals surface area contributed by atoms with Crippen molar-refractivity contribution < 1.29 is 9.18 Å². The van der Waals surface area contributed by atoms with Crippen LogP contribution in [0.25, 0.3) is 0 Å². The van der Waals surface area contributed by atoms with E-state index in [1.54, 1.807) is 12.1 Å². The van der Waals surface area contributed by atoms with Crippen LogP contribution in [-0.4, -0.2) is 18.5 Å². The van der Waals surface area contributed by atoms with Gasteiger partial charge < -0.3 is 10.6 Å². The summed E-state index contributed by atoms with van der Waals surface area (Å²) in [6, 6.07) is 5.10. The fraction of sp³-hybridized carbons (Fsp3) is 0.500. The molecule has 1 aromatic rings. The number of hydrogen-bond donors (Lipinski definition) is 2. The molecule has 18 heavy (non-hydrogen) atoms. The summed E-state index contributed by atoms with van der Waals surface area (Å²) in [6.45, 7) is 6.77. The summed E-state index contributed by atoms with van der Waals surface area (Å²) >= 11 is 0. The highest BCUT2D eigenvalue weighted by atomic mass is 19.1. The molecule has 0 aliphatic carbocycles. The predicted octanol–water partition coefficient (Wildman–Crippen LogP) is 2.85. The number of benzene rings is 1. The Kier molecular flexibility index (Phi) is 5.78. The number of amides is 1. The van der Waals surface area contributed by atoms with Gasteiger partial charge in [0.1, 0.15) is 5.82 Å². The van der Waals surface area contributed by atoms with Crippen LogP contribution < -0.4 is 10.6 Å². The summed E-state index contributed by atoms with van der Waals surface area (Å²) in [5.74, 6) is -0.542. The SMILES string of the molecule is Cc1ccc(F)c(NC(=O)CCCNC(C)C)c1. The quantitative estimate of drug-likeness (QED) is 0.764. The van der Waals surface area contributed by atoms with Crippen molar-refractivity contribution in [2.45, 2.75) is 39.7 Å². The Hall–Kier alpha value is -1.42. The van der Waals surface area contributed by atoms with E-state index in [0.717, 1.165) is 18.5 Å². The molecule has 0 aliphatic rings. The Balaban J connectivity index is 2.38. The molecule has 4 heteroatoms. The summed E-state index contributed by atoms with van der Waals surface area (Å²) in [5.41, 5.74) is 1.19. The van der Waals surface area contributed by atoms with Crippen molar-refractivity contribution in [1.82, 2.24) is 5.32 Å². The number of anilines is 1. The lowest BCUT2D eigenvalue weighted by atomic mass is 10.2. The zero-order valence-corrected chi connectivity index (χ0v) is 11.2. The second-order valence-corrected chi connectivity index (χ2v) is 4.74. The van der Waals surface area contributed by atoms with E-state index in [-0.39, 0.29) is 11.6 Å². The molecule has 0 bridgehead atoms. The van der Waals surface area contributed by atoms with Crippen molar-refractivity contribution in [2.75, 3.05) is 11.9 Å². The number of aryl methyl sites for hydroxylation is 1. The first kappa shape index (κ1) is 14.6. The fourth-order valence-corrected chi connectivity index (χ4v) is 1.59.